The number of nitrogens with two attached hydrogens (primary N) is 1. The minimum absolute atomic E-state index is 0.0510. The second-order valence-electron chi connectivity index (χ2n) is 15.9. The standard InChI is InChI=1S/C50H90NO8P/c1-3-5-7-9-11-13-15-17-18-19-20-21-22-23-24-25-26-27-28-29-30-31-33-35-37-39-41-43-50(53)59-48(47-58-60(54,55)57-45-44-51)46-56-49(52)42-40-38-36-34-32-16-14-12-10-8-6-4-2/h5,7,11-14,17-18,20-21,48H,3-4,6,8-10,15-16,19,22-47,51H2,1-2H3,(H,54,55)/b7-5-,13-11-,14-12-,18-17-,21-20-. The van der Waals surface area contributed by atoms with Crippen LogP contribution < -0.4 is 5.73 Å². The fourth-order valence-electron chi connectivity index (χ4n) is 6.56. The zero-order valence-corrected chi connectivity index (χ0v) is 39.3. The molecule has 0 radical (unpaired) electrons. The first-order valence-electron chi connectivity index (χ1n) is 24.3. The van der Waals surface area contributed by atoms with Crippen LogP contribution in [0.25, 0.3) is 0 Å². The van der Waals surface area contributed by atoms with Crippen LogP contribution in [-0.4, -0.2) is 49.3 Å². The third kappa shape index (κ3) is 45.2. The van der Waals surface area contributed by atoms with Crippen LogP contribution in [-0.2, 0) is 32.7 Å². The molecular formula is C50H90NO8P. The first-order valence-corrected chi connectivity index (χ1v) is 25.8. The monoisotopic (exact) mass is 864 g/mol. The molecule has 348 valence electrons. The lowest BCUT2D eigenvalue weighted by molar-refractivity contribution is -0.161. The van der Waals surface area contributed by atoms with Gasteiger partial charge in [-0.2, -0.15) is 0 Å². The highest BCUT2D eigenvalue weighted by Crippen LogP contribution is 2.43. The van der Waals surface area contributed by atoms with Crippen molar-refractivity contribution in [1.29, 1.82) is 0 Å². The van der Waals surface area contributed by atoms with Crippen molar-refractivity contribution in [2.24, 2.45) is 5.73 Å². The van der Waals surface area contributed by atoms with Gasteiger partial charge in [-0.05, 0) is 77.0 Å². The van der Waals surface area contributed by atoms with Gasteiger partial charge in [-0.3, -0.25) is 18.6 Å². The lowest BCUT2D eigenvalue weighted by Crippen LogP contribution is -2.29. The number of hydrogen-bond acceptors (Lipinski definition) is 8. The highest BCUT2D eigenvalue weighted by molar-refractivity contribution is 7.47. The second kappa shape index (κ2) is 46.2. The molecule has 10 heteroatoms. The molecule has 2 unspecified atom stereocenters. The number of allylic oxidation sites excluding steroid dienone is 10. The zero-order chi connectivity index (χ0) is 43.9. The van der Waals surface area contributed by atoms with Crippen LogP contribution in [0.4, 0.5) is 0 Å². The van der Waals surface area contributed by atoms with Gasteiger partial charge in [0.05, 0.1) is 13.2 Å². The van der Waals surface area contributed by atoms with Crippen LogP contribution in [0.15, 0.2) is 60.8 Å². The summed E-state index contributed by atoms with van der Waals surface area (Å²) in [6, 6.07) is 0. The summed E-state index contributed by atoms with van der Waals surface area (Å²) in [5.74, 6) is -0.839. The Morgan fingerprint density at radius 2 is 0.917 bits per heavy atom. The number of rotatable bonds is 45. The molecule has 60 heavy (non-hydrogen) atoms. The molecule has 0 aliphatic rings. The summed E-state index contributed by atoms with van der Waals surface area (Å²) in [6.07, 6.45) is 55.5. The van der Waals surface area contributed by atoms with Crippen molar-refractivity contribution < 1.29 is 37.6 Å². The molecule has 0 amide bonds. The van der Waals surface area contributed by atoms with Crippen LogP contribution in [0.5, 0.6) is 0 Å². The fourth-order valence-corrected chi connectivity index (χ4v) is 7.33. The molecule has 9 nitrogen and oxygen atoms in total. The molecule has 0 aliphatic carbocycles. The molecule has 0 saturated heterocycles. The number of hydrogen-bond donors (Lipinski definition) is 2. The van der Waals surface area contributed by atoms with E-state index in [1.807, 2.05) is 0 Å². The Morgan fingerprint density at radius 1 is 0.517 bits per heavy atom. The van der Waals surface area contributed by atoms with Crippen LogP contribution in [0, 0.1) is 0 Å². The van der Waals surface area contributed by atoms with Gasteiger partial charge in [0.2, 0.25) is 0 Å². The molecule has 0 rings (SSSR count). The minimum Gasteiger partial charge on any atom is -0.462 e. The average molecular weight is 864 g/mol. The lowest BCUT2D eigenvalue weighted by atomic mass is 10.0. The summed E-state index contributed by atoms with van der Waals surface area (Å²) < 4.78 is 32.8. The minimum atomic E-state index is -4.38. The average Bonchev–Trinajstić information content (AvgIpc) is 3.24. The van der Waals surface area contributed by atoms with Crippen molar-refractivity contribution in [3.8, 4) is 0 Å². The van der Waals surface area contributed by atoms with Gasteiger partial charge >= 0.3 is 19.8 Å². The molecule has 3 N–H and O–H groups in total. The Kier molecular flexibility index (Phi) is 44.5. The maximum absolute atomic E-state index is 12.6. The van der Waals surface area contributed by atoms with E-state index < -0.39 is 32.5 Å². The number of ether oxygens (including phenoxy) is 2. The normalized spacial score (nSPS) is 13.7. The van der Waals surface area contributed by atoms with E-state index in [2.05, 4.69) is 74.6 Å². The van der Waals surface area contributed by atoms with E-state index in [0.717, 1.165) is 83.5 Å². The quantitative estimate of drug-likeness (QED) is 0.0265. The number of phosphoric acid groups is 1. The summed E-state index contributed by atoms with van der Waals surface area (Å²) in [6.45, 7) is 3.59. The van der Waals surface area contributed by atoms with E-state index in [9.17, 15) is 19.0 Å². The summed E-state index contributed by atoms with van der Waals surface area (Å²) in [5, 5.41) is 0. The maximum Gasteiger partial charge on any atom is 0.472 e. The predicted octanol–water partition coefficient (Wildman–Crippen LogP) is 14.4. The summed E-state index contributed by atoms with van der Waals surface area (Å²) in [4.78, 5) is 34.9. The first-order chi connectivity index (χ1) is 29.3. The van der Waals surface area contributed by atoms with Gasteiger partial charge in [-0.15, -0.1) is 0 Å². The van der Waals surface area contributed by atoms with Crippen molar-refractivity contribution in [3.05, 3.63) is 60.8 Å². The Labute approximate surface area is 368 Å². The molecule has 0 aromatic rings. The van der Waals surface area contributed by atoms with E-state index in [1.54, 1.807) is 0 Å². The van der Waals surface area contributed by atoms with Crippen LogP contribution >= 0.6 is 7.82 Å². The van der Waals surface area contributed by atoms with Gasteiger partial charge in [0.1, 0.15) is 6.61 Å². The van der Waals surface area contributed by atoms with Crippen LogP contribution in [0.1, 0.15) is 213 Å². The molecule has 0 bridgehead atoms. The number of esters is 2. The van der Waals surface area contributed by atoms with E-state index in [-0.39, 0.29) is 32.6 Å². The van der Waals surface area contributed by atoms with Gasteiger partial charge < -0.3 is 20.1 Å². The van der Waals surface area contributed by atoms with E-state index in [1.165, 1.54) is 96.3 Å². The van der Waals surface area contributed by atoms with Gasteiger partial charge in [-0.1, -0.05) is 184 Å². The summed E-state index contributed by atoms with van der Waals surface area (Å²) in [7, 11) is -4.38. The summed E-state index contributed by atoms with van der Waals surface area (Å²) >= 11 is 0. The number of carbonyl (C=O) groups excluding carboxylic acids is 2. The van der Waals surface area contributed by atoms with Crippen LogP contribution in [0.3, 0.4) is 0 Å². The SMILES string of the molecule is CC/C=C\C/C=C\C/C=C\C/C=C\CCCCCCCCCCCCCCCCC(=O)OC(COC(=O)CCCCCCC/C=C\CCCCC)COP(=O)(O)OCCN. The maximum atomic E-state index is 12.6. The number of unbranched alkanes of at least 4 members (excludes halogenated alkanes) is 22. The molecule has 0 saturated carbocycles. The lowest BCUT2D eigenvalue weighted by Gasteiger charge is -2.19. The third-order valence-electron chi connectivity index (χ3n) is 10.1. The highest BCUT2D eigenvalue weighted by Gasteiger charge is 2.26. The fraction of sp³-hybridized carbons (Fsp3) is 0.760. The highest BCUT2D eigenvalue weighted by atomic mass is 31.2. The second-order valence-corrected chi connectivity index (χ2v) is 17.4. The Morgan fingerprint density at radius 3 is 1.38 bits per heavy atom. The Hall–Kier alpha value is -2.29. The molecule has 0 aromatic heterocycles. The predicted molar refractivity (Wildman–Crippen MR) is 252 cm³/mol. The molecule has 0 aromatic carbocycles. The van der Waals surface area contributed by atoms with E-state index in [4.69, 9.17) is 24.3 Å². The first kappa shape index (κ1) is 57.7. The number of carbonyl (C=O) groups is 2. The molecule has 2 atom stereocenters. The molecular weight excluding hydrogens is 774 g/mol. The van der Waals surface area contributed by atoms with E-state index >= 15 is 0 Å². The molecule has 0 spiro atoms. The summed E-state index contributed by atoms with van der Waals surface area (Å²) in [5.41, 5.74) is 5.35. The van der Waals surface area contributed by atoms with Crippen LogP contribution in [0.2, 0.25) is 0 Å². The smallest absolute Gasteiger partial charge is 0.462 e. The van der Waals surface area contributed by atoms with Gasteiger partial charge in [0.25, 0.3) is 0 Å². The topological polar surface area (TPSA) is 134 Å². The Bertz CT molecular complexity index is 1170. The van der Waals surface area contributed by atoms with Crippen molar-refractivity contribution in [2.75, 3.05) is 26.4 Å². The van der Waals surface area contributed by atoms with Gasteiger partial charge in [0.15, 0.2) is 6.10 Å². The van der Waals surface area contributed by atoms with Crippen molar-refractivity contribution in [2.45, 2.75) is 219 Å². The van der Waals surface area contributed by atoms with Crippen molar-refractivity contribution >= 4 is 19.8 Å². The Balaban J connectivity index is 3.99. The van der Waals surface area contributed by atoms with E-state index in [0.29, 0.717) is 6.42 Å². The molecule has 0 fully saturated rings. The van der Waals surface area contributed by atoms with Gasteiger partial charge in [-0.25, -0.2) is 4.57 Å². The van der Waals surface area contributed by atoms with Crippen molar-refractivity contribution in [3.63, 3.8) is 0 Å². The largest absolute Gasteiger partial charge is 0.472 e. The molecule has 0 heterocycles. The number of phosphoric ester groups is 1. The third-order valence-corrected chi connectivity index (χ3v) is 11.1. The zero-order valence-electron chi connectivity index (χ0n) is 38.4. The van der Waals surface area contributed by atoms with Crippen molar-refractivity contribution in [1.82, 2.24) is 0 Å². The van der Waals surface area contributed by atoms with Gasteiger partial charge in [0, 0.05) is 19.4 Å². The molecule has 0 aliphatic heterocycles.